The molecule has 15 rings (SSSR count). The van der Waals surface area contributed by atoms with Gasteiger partial charge in [-0.1, -0.05) is 296 Å². The van der Waals surface area contributed by atoms with Gasteiger partial charge in [-0.15, -0.1) is 0 Å². The molecule has 5 heteroatoms. The summed E-state index contributed by atoms with van der Waals surface area (Å²) in [4.78, 5) is 5.43. The highest BCUT2D eigenvalue weighted by atomic mass is 15.2. The van der Waals surface area contributed by atoms with Crippen LogP contribution in [0.3, 0.4) is 0 Å². The fourth-order valence-corrected chi connectivity index (χ4v) is 16.8. The van der Waals surface area contributed by atoms with E-state index in [9.17, 15) is 0 Å². The van der Waals surface area contributed by atoms with E-state index in [4.69, 9.17) is 0 Å². The summed E-state index contributed by atoms with van der Waals surface area (Å²) < 4.78 is 5.14. The van der Waals surface area contributed by atoms with Crippen LogP contribution in [0.25, 0.3) is 77.2 Å². The Morgan fingerprint density at radius 3 is 0.748 bits per heavy atom. The van der Waals surface area contributed by atoms with E-state index in [1.54, 1.807) is 0 Å². The van der Waals surface area contributed by atoms with Crippen LogP contribution in [-0.4, -0.2) is 15.8 Å². The molecule has 546 valence electrons. The summed E-state index contributed by atoms with van der Waals surface area (Å²) >= 11 is 0. The molecule has 107 heavy (non-hydrogen) atoms. The molecule has 2 aromatic heterocycles. The predicted octanol–water partition coefficient (Wildman–Crippen LogP) is 27.0. The van der Waals surface area contributed by atoms with E-state index >= 15 is 0 Å². The SMILES string of the molecule is CC(C)(C)c1cc(-c2ccccc2N2c3cc(-n4c5ccc(C(C)(C)C)cc5c5cc(C(C)(C)C)ccc54)ccc3B3c4ccc(-n5c6ccc(C(C)(C)C)cc6c6cc(C(C)(C)C)ccc65)cc4N(c4ccccc4-c4cc(C(C)(C)C)cc(C(C)(C)C)c4)c4cc(C(C)(C)C)cc2c43)cc(C(C)(C)C)c1. The van der Waals surface area contributed by atoms with Crippen LogP contribution < -0.4 is 26.2 Å². The molecule has 4 nitrogen and oxygen atoms in total. The van der Waals surface area contributed by atoms with Crippen LogP contribution in [0.4, 0.5) is 34.1 Å². The number of para-hydroxylation sites is 2. The Hall–Kier alpha value is -9.32. The maximum absolute atomic E-state index is 2.71. The van der Waals surface area contributed by atoms with Crippen LogP contribution >= 0.6 is 0 Å². The van der Waals surface area contributed by atoms with Crippen molar-refractivity contribution in [1.82, 2.24) is 9.13 Å². The number of fused-ring (bicyclic) bond motifs is 10. The number of hydrogen-bond donors (Lipinski definition) is 0. The summed E-state index contributed by atoms with van der Waals surface area (Å²) in [5.41, 5.74) is 33.8. The van der Waals surface area contributed by atoms with Crippen LogP contribution in [0.15, 0.2) is 206 Å². The maximum atomic E-state index is 2.71. The van der Waals surface area contributed by atoms with E-state index < -0.39 is 0 Å². The van der Waals surface area contributed by atoms with E-state index in [2.05, 4.69) is 412 Å². The number of aromatic nitrogens is 2. The topological polar surface area (TPSA) is 16.3 Å². The molecule has 0 atom stereocenters. The van der Waals surface area contributed by atoms with Crippen molar-refractivity contribution in [1.29, 1.82) is 0 Å². The summed E-state index contributed by atoms with van der Waals surface area (Å²) in [7, 11) is 0. The molecule has 0 amide bonds. The van der Waals surface area contributed by atoms with E-state index in [1.807, 2.05) is 0 Å². The Morgan fingerprint density at radius 2 is 0.477 bits per heavy atom. The molecule has 0 aliphatic carbocycles. The molecule has 2 aliphatic heterocycles. The number of anilines is 6. The minimum atomic E-state index is -0.283. The second-order valence-electron chi connectivity index (χ2n) is 41.0. The Morgan fingerprint density at radius 1 is 0.215 bits per heavy atom. The first-order valence-electron chi connectivity index (χ1n) is 39.5. The van der Waals surface area contributed by atoms with Crippen molar-refractivity contribution in [3.63, 3.8) is 0 Å². The molecule has 0 unspecified atom stereocenters. The highest BCUT2D eigenvalue weighted by Crippen LogP contribution is 2.53. The standard InChI is InChI=1S/C102H115BN4/c1-94(2,3)64-36-44-85-77(54-64)78-55-65(95(4,5)6)37-45-86(78)104(85)73-40-42-81-89(60-73)106(83-34-30-28-32-75(83)62-48-68(98(13,14)15)52-69(49-62)99(16,17)18)91-58-72(102(25,26)27)59-92-93(91)103(81)82-43-41-74(105-87-46-38-66(96(7,8)9)56-79(87)80-57-67(97(10,11)12)39-47-88(80)105)61-90(82)107(92)84-35-31-29-33-76(84)63-50-70(100(19,20)21)53-71(51-63)101(22,23)24/h28-61H,1-27H3. The quantitative estimate of drug-likeness (QED) is 0.154. The minimum absolute atomic E-state index is 0.0419. The Kier molecular flexibility index (Phi) is 16.8. The number of rotatable bonds is 6. The number of benzene rings is 11. The number of hydrogen-bond acceptors (Lipinski definition) is 2. The lowest BCUT2D eigenvalue weighted by molar-refractivity contribution is 0.568. The first-order chi connectivity index (χ1) is 49.7. The Balaban J connectivity index is 1.09. The van der Waals surface area contributed by atoms with Crippen LogP contribution in [-0.2, 0) is 48.7 Å². The average molecular weight is 1410 g/mol. The largest absolute Gasteiger partial charge is 0.311 e. The molecule has 0 fully saturated rings. The van der Waals surface area contributed by atoms with Gasteiger partial charge in [-0.3, -0.25) is 0 Å². The van der Waals surface area contributed by atoms with Crippen molar-refractivity contribution >= 4 is 101 Å². The first-order valence-corrected chi connectivity index (χ1v) is 39.5. The van der Waals surface area contributed by atoms with Crippen molar-refractivity contribution < 1.29 is 0 Å². The van der Waals surface area contributed by atoms with E-state index in [-0.39, 0.29) is 55.4 Å². The molecule has 0 spiro atoms. The molecule has 13 aromatic rings. The molecule has 0 radical (unpaired) electrons. The van der Waals surface area contributed by atoms with Gasteiger partial charge in [0.1, 0.15) is 0 Å². The van der Waals surface area contributed by atoms with Crippen molar-refractivity contribution in [3.05, 3.63) is 256 Å². The maximum Gasteiger partial charge on any atom is 0.252 e. The third-order valence-corrected chi connectivity index (χ3v) is 23.7. The molecule has 0 bridgehead atoms. The molecule has 0 saturated heterocycles. The van der Waals surface area contributed by atoms with Gasteiger partial charge in [-0.05, 0) is 223 Å². The molecule has 4 heterocycles. The van der Waals surface area contributed by atoms with Crippen molar-refractivity contribution in [2.24, 2.45) is 0 Å². The molecular weight excluding hydrogens is 1290 g/mol. The zero-order valence-electron chi connectivity index (χ0n) is 69.5. The van der Waals surface area contributed by atoms with E-state index in [0.717, 1.165) is 22.7 Å². The fraction of sp³-hybridized carbons (Fsp3) is 0.353. The zero-order chi connectivity index (χ0) is 76.9. The summed E-state index contributed by atoms with van der Waals surface area (Å²) in [5, 5.41) is 5.12. The Bertz CT molecular complexity index is 5220. The van der Waals surface area contributed by atoms with Gasteiger partial charge in [0.15, 0.2) is 0 Å². The minimum Gasteiger partial charge on any atom is -0.311 e. The summed E-state index contributed by atoms with van der Waals surface area (Å²) in [6.07, 6.45) is 0. The summed E-state index contributed by atoms with van der Waals surface area (Å²) in [6, 6.07) is 82.9. The third kappa shape index (κ3) is 12.8. The molecule has 2 aliphatic rings. The van der Waals surface area contributed by atoms with Gasteiger partial charge in [0, 0.05) is 66.8 Å². The van der Waals surface area contributed by atoms with Gasteiger partial charge in [-0.25, -0.2) is 0 Å². The zero-order valence-corrected chi connectivity index (χ0v) is 69.5. The van der Waals surface area contributed by atoms with Crippen molar-refractivity contribution in [3.8, 4) is 33.6 Å². The second-order valence-corrected chi connectivity index (χ2v) is 41.0. The lowest BCUT2D eigenvalue weighted by atomic mass is 9.33. The number of nitrogens with zero attached hydrogens (tertiary/aromatic N) is 4. The van der Waals surface area contributed by atoms with Crippen LogP contribution in [0.1, 0.15) is 237 Å². The van der Waals surface area contributed by atoms with Gasteiger partial charge < -0.3 is 18.9 Å². The Labute approximate surface area is 641 Å². The molecule has 0 saturated carbocycles. The monoisotopic (exact) mass is 1410 g/mol. The van der Waals surface area contributed by atoms with Crippen molar-refractivity contribution in [2.45, 2.75) is 236 Å². The highest BCUT2D eigenvalue weighted by molar-refractivity contribution is 7.00. The van der Waals surface area contributed by atoms with Gasteiger partial charge in [0.05, 0.1) is 33.4 Å². The average Bonchev–Trinajstić information content (AvgIpc) is 1.02. The lowest BCUT2D eigenvalue weighted by Crippen LogP contribution is -2.61. The van der Waals surface area contributed by atoms with Gasteiger partial charge in [0.2, 0.25) is 0 Å². The molecule has 11 aromatic carbocycles. The summed E-state index contributed by atoms with van der Waals surface area (Å²) in [6.45, 7) is 63.5. The molecule has 0 N–H and O–H groups in total. The van der Waals surface area contributed by atoms with Gasteiger partial charge in [0.25, 0.3) is 6.71 Å². The van der Waals surface area contributed by atoms with E-state index in [1.165, 1.54) is 155 Å². The van der Waals surface area contributed by atoms with Crippen LogP contribution in [0.5, 0.6) is 0 Å². The highest BCUT2D eigenvalue weighted by Gasteiger charge is 2.46. The van der Waals surface area contributed by atoms with Gasteiger partial charge >= 0.3 is 0 Å². The lowest BCUT2D eigenvalue weighted by Gasteiger charge is -2.46. The predicted molar refractivity (Wildman–Crippen MR) is 468 cm³/mol. The molecular formula is C102H115BN4. The second kappa shape index (κ2) is 24.6. The summed E-state index contributed by atoms with van der Waals surface area (Å²) in [5.74, 6) is 0. The normalized spacial score (nSPS) is 14.1. The fourth-order valence-electron chi connectivity index (χ4n) is 16.8. The van der Waals surface area contributed by atoms with Gasteiger partial charge in [-0.2, -0.15) is 0 Å². The van der Waals surface area contributed by atoms with E-state index in [0.29, 0.717) is 0 Å². The van der Waals surface area contributed by atoms with Crippen LogP contribution in [0.2, 0.25) is 0 Å². The van der Waals surface area contributed by atoms with Crippen molar-refractivity contribution in [2.75, 3.05) is 9.80 Å². The smallest absolute Gasteiger partial charge is 0.252 e. The first kappa shape index (κ1) is 73.2. The third-order valence-electron chi connectivity index (χ3n) is 23.7. The van der Waals surface area contributed by atoms with Crippen LogP contribution in [0, 0.1) is 0 Å².